The molecule has 0 bridgehead atoms. The fourth-order valence-electron chi connectivity index (χ4n) is 3.51. The lowest BCUT2D eigenvalue weighted by atomic mass is 10.0. The molecule has 3 nitrogen and oxygen atoms in total. The van der Waals surface area contributed by atoms with E-state index in [0.717, 1.165) is 13.1 Å². The summed E-state index contributed by atoms with van der Waals surface area (Å²) in [7, 11) is 2.22. The molecule has 2 aliphatic heterocycles. The maximum absolute atomic E-state index is 3.74. The number of benzene rings is 1. The van der Waals surface area contributed by atoms with Crippen molar-refractivity contribution in [2.75, 3.05) is 33.2 Å². The average molecular weight is 287 g/mol. The van der Waals surface area contributed by atoms with Crippen LogP contribution in [0.2, 0.25) is 0 Å². The molecule has 0 saturated carbocycles. The van der Waals surface area contributed by atoms with Crippen LogP contribution < -0.4 is 5.32 Å². The van der Waals surface area contributed by atoms with E-state index in [0.29, 0.717) is 6.04 Å². The van der Waals surface area contributed by atoms with Gasteiger partial charge in [0.15, 0.2) is 0 Å². The third kappa shape index (κ3) is 4.53. The van der Waals surface area contributed by atoms with Crippen LogP contribution in [-0.2, 0) is 13.1 Å². The minimum atomic E-state index is 0.698. The third-order valence-corrected chi connectivity index (χ3v) is 4.91. The highest BCUT2D eigenvalue weighted by atomic mass is 15.1. The van der Waals surface area contributed by atoms with E-state index in [1.807, 2.05) is 0 Å². The maximum atomic E-state index is 3.74. The quantitative estimate of drug-likeness (QED) is 0.897. The molecule has 21 heavy (non-hydrogen) atoms. The van der Waals surface area contributed by atoms with E-state index in [-0.39, 0.29) is 0 Å². The first-order valence-electron chi connectivity index (χ1n) is 8.52. The number of rotatable bonds is 5. The number of likely N-dealkylation sites (tertiary alicyclic amines) is 2. The zero-order valence-corrected chi connectivity index (χ0v) is 13.4. The zero-order chi connectivity index (χ0) is 14.5. The summed E-state index contributed by atoms with van der Waals surface area (Å²) in [6.07, 6.45) is 5.31. The van der Waals surface area contributed by atoms with Crippen molar-refractivity contribution in [1.82, 2.24) is 15.1 Å². The molecule has 0 spiro atoms. The molecule has 0 radical (unpaired) electrons. The SMILES string of the molecule is CN1CCC(NCc2cccc(CN3CCCC3)c2)CC1. The maximum Gasteiger partial charge on any atom is 0.0233 e. The van der Waals surface area contributed by atoms with E-state index in [9.17, 15) is 0 Å². The van der Waals surface area contributed by atoms with Crippen LogP contribution in [0.4, 0.5) is 0 Å². The highest BCUT2D eigenvalue weighted by molar-refractivity contribution is 5.23. The topological polar surface area (TPSA) is 18.5 Å². The largest absolute Gasteiger partial charge is 0.310 e. The summed E-state index contributed by atoms with van der Waals surface area (Å²) in [5.41, 5.74) is 2.91. The van der Waals surface area contributed by atoms with Crippen LogP contribution in [0.5, 0.6) is 0 Å². The third-order valence-electron chi connectivity index (χ3n) is 4.91. The molecule has 1 aromatic rings. The highest BCUT2D eigenvalue weighted by Gasteiger charge is 2.16. The minimum absolute atomic E-state index is 0.698. The van der Waals surface area contributed by atoms with Crippen LogP contribution >= 0.6 is 0 Å². The van der Waals surface area contributed by atoms with E-state index in [4.69, 9.17) is 0 Å². The van der Waals surface area contributed by atoms with Crippen LogP contribution in [0.25, 0.3) is 0 Å². The number of nitrogens with one attached hydrogen (secondary N) is 1. The predicted molar refractivity (Wildman–Crippen MR) is 88.3 cm³/mol. The van der Waals surface area contributed by atoms with Crippen LogP contribution in [0.3, 0.4) is 0 Å². The molecule has 1 aromatic carbocycles. The summed E-state index contributed by atoms with van der Waals surface area (Å²) < 4.78 is 0. The molecular formula is C18H29N3. The Morgan fingerprint density at radius 2 is 1.76 bits per heavy atom. The Balaban J connectivity index is 1.48. The normalized spacial score (nSPS) is 22.0. The monoisotopic (exact) mass is 287 g/mol. The molecule has 1 N–H and O–H groups in total. The molecule has 116 valence electrons. The Kier molecular flexibility index (Phi) is 5.28. The standard InChI is InChI=1S/C18H29N3/c1-20-11-7-18(8-12-20)19-14-16-5-4-6-17(13-16)15-21-9-2-3-10-21/h4-6,13,18-19H,2-3,7-12,14-15H2,1H3. The van der Waals surface area contributed by atoms with Crippen molar-refractivity contribution in [3.05, 3.63) is 35.4 Å². The predicted octanol–water partition coefficient (Wildman–Crippen LogP) is 2.47. The summed E-state index contributed by atoms with van der Waals surface area (Å²) in [5, 5.41) is 3.74. The highest BCUT2D eigenvalue weighted by Crippen LogP contribution is 2.14. The summed E-state index contributed by atoms with van der Waals surface area (Å²) >= 11 is 0. The average Bonchev–Trinajstić information content (AvgIpc) is 3.00. The fraction of sp³-hybridized carbons (Fsp3) is 0.667. The van der Waals surface area contributed by atoms with Gasteiger partial charge in [-0.05, 0) is 70.0 Å². The van der Waals surface area contributed by atoms with Crippen molar-refractivity contribution >= 4 is 0 Å². The molecule has 0 atom stereocenters. The van der Waals surface area contributed by atoms with Crippen molar-refractivity contribution in [1.29, 1.82) is 0 Å². The Hall–Kier alpha value is -0.900. The first-order chi connectivity index (χ1) is 10.3. The molecule has 0 aromatic heterocycles. The first kappa shape index (κ1) is 15.0. The van der Waals surface area contributed by atoms with Crippen molar-refractivity contribution in [2.24, 2.45) is 0 Å². The molecule has 2 heterocycles. The molecule has 0 unspecified atom stereocenters. The zero-order valence-electron chi connectivity index (χ0n) is 13.4. The van der Waals surface area contributed by atoms with Crippen molar-refractivity contribution < 1.29 is 0 Å². The molecule has 3 rings (SSSR count). The Bertz CT molecular complexity index is 432. The second-order valence-corrected chi connectivity index (χ2v) is 6.76. The fourth-order valence-corrected chi connectivity index (χ4v) is 3.51. The van der Waals surface area contributed by atoms with Crippen LogP contribution in [-0.4, -0.2) is 49.1 Å². The van der Waals surface area contributed by atoms with Gasteiger partial charge in [0.25, 0.3) is 0 Å². The summed E-state index contributed by atoms with van der Waals surface area (Å²) in [5.74, 6) is 0. The lowest BCUT2D eigenvalue weighted by Crippen LogP contribution is -2.40. The lowest BCUT2D eigenvalue weighted by molar-refractivity contribution is 0.234. The van der Waals surface area contributed by atoms with Gasteiger partial charge in [-0.3, -0.25) is 4.90 Å². The van der Waals surface area contributed by atoms with Gasteiger partial charge in [0.05, 0.1) is 0 Å². The first-order valence-corrected chi connectivity index (χ1v) is 8.52. The number of piperidine rings is 1. The van der Waals surface area contributed by atoms with Gasteiger partial charge in [-0.25, -0.2) is 0 Å². The Morgan fingerprint density at radius 3 is 2.52 bits per heavy atom. The number of hydrogen-bond acceptors (Lipinski definition) is 3. The van der Waals surface area contributed by atoms with Gasteiger partial charge < -0.3 is 10.2 Å². The van der Waals surface area contributed by atoms with E-state index in [1.54, 1.807) is 0 Å². The smallest absolute Gasteiger partial charge is 0.0233 e. The molecular weight excluding hydrogens is 258 g/mol. The Morgan fingerprint density at radius 1 is 1.05 bits per heavy atom. The van der Waals surface area contributed by atoms with E-state index in [1.165, 1.54) is 63.0 Å². The van der Waals surface area contributed by atoms with Gasteiger partial charge in [0.1, 0.15) is 0 Å². The molecule has 2 fully saturated rings. The summed E-state index contributed by atoms with van der Waals surface area (Å²) in [4.78, 5) is 5.00. The molecule has 0 aliphatic carbocycles. The van der Waals surface area contributed by atoms with Gasteiger partial charge in [-0.1, -0.05) is 24.3 Å². The van der Waals surface area contributed by atoms with Crippen LogP contribution in [0.15, 0.2) is 24.3 Å². The van der Waals surface area contributed by atoms with Gasteiger partial charge in [-0.2, -0.15) is 0 Å². The Labute approximate surface area is 129 Å². The molecule has 2 aliphatic rings. The number of nitrogens with zero attached hydrogens (tertiary/aromatic N) is 2. The summed E-state index contributed by atoms with van der Waals surface area (Å²) in [6.45, 7) is 7.15. The van der Waals surface area contributed by atoms with Crippen LogP contribution in [0, 0.1) is 0 Å². The van der Waals surface area contributed by atoms with Gasteiger partial charge in [0.2, 0.25) is 0 Å². The molecule has 0 amide bonds. The molecule has 3 heteroatoms. The van der Waals surface area contributed by atoms with Crippen molar-refractivity contribution in [3.63, 3.8) is 0 Å². The second kappa shape index (κ2) is 7.39. The van der Waals surface area contributed by atoms with Crippen molar-refractivity contribution in [2.45, 2.75) is 44.8 Å². The summed E-state index contributed by atoms with van der Waals surface area (Å²) in [6, 6.07) is 9.84. The minimum Gasteiger partial charge on any atom is -0.310 e. The van der Waals surface area contributed by atoms with Gasteiger partial charge >= 0.3 is 0 Å². The number of hydrogen-bond donors (Lipinski definition) is 1. The lowest BCUT2D eigenvalue weighted by Gasteiger charge is -2.29. The van der Waals surface area contributed by atoms with Crippen molar-refractivity contribution in [3.8, 4) is 0 Å². The molecule has 2 saturated heterocycles. The van der Waals surface area contributed by atoms with E-state index < -0.39 is 0 Å². The van der Waals surface area contributed by atoms with Crippen LogP contribution in [0.1, 0.15) is 36.8 Å². The van der Waals surface area contributed by atoms with Gasteiger partial charge in [0, 0.05) is 19.1 Å². The van der Waals surface area contributed by atoms with E-state index >= 15 is 0 Å². The van der Waals surface area contributed by atoms with Gasteiger partial charge in [-0.15, -0.1) is 0 Å². The van der Waals surface area contributed by atoms with E-state index in [2.05, 4.69) is 46.4 Å². The second-order valence-electron chi connectivity index (χ2n) is 6.76.